The third-order valence-electron chi connectivity index (χ3n) is 3.08. The lowest BCUT2D eigenvalue weighted by molar-refractivity contribution is -0.150. The topological polar surface area (TPSA) is 63.6 Å². The first-order valence-corrected chi connectivity index (χ1v) is 5.73. The summed E-state index contributed by atoms with van der Waals surface area (Å²) in [5.41, 5.74) is 0. The van der Waals surface area contributed by atoms with E-state index >= 15 is 0 Å². The Hall–Kier alpha value is -1.23. The van der Waals surface area contributed by atoms with E-state index in [0.717, 1.165) is 0 Å². The van der Waals surface area contributed by atoms with Crippen LogP contribution in [-0.4, -0.2) is 32.6 Å². The number of carboxylic acid groups (broad SMARTS) is 1. The van der Waals surface area contributed by atoms with Gasteiger partial charge in [-0.3, -0.25) is 4.79 Å². The molecule has 3 unspecified atom stereocenters. The Labute approximate surface area is 97.4 Å². The molecule has 2 rings (SSSR count). The van der Waals surface area contributed by atoms with Gasteiger partial charge in [0.1, 0.15) is 6.10 Å². The van der Waals surface area contributed by atoms with Gasteiger partial charge in [0.2, 0.25) is 4.75 Å². The van der Waals surface area contributed by atoms with E-state index in [1.807, 2.05) is 0 Å². The van der Waals surface area contributed by atoms with Gasteiger partial charge in [0.05, 0.1) is 4.75 Å². The molecule has 5 heteroatoms. The second-order valence-electron chi connectivity index (χ2n) is 3.89. The van der Waals surface area contributed by atoms with Crippen molar-refractivity contribution in [2.45, 2.75) is 28.4 Å². The normalized spacial score (nSPS) is 39.8. The lowest BCUT2D eigenvalue weighted by Gasteiger charge is -2.17. The Kier molecular flexibility index (Phi) is 2.38. The van der Waals surface area contributed by atoms with Crippen LogP contribution in [0.3, 0.4) is 0 Å². The average molecular weight is 240 g/mol. The van der Waals surface area contributed by atoms with Gasteiger partial charge >= 0.3 is 11.9 Å². The molecule has 0 aliphatic carbocycles. The number of rotatable bonds is 5. The zero-order valence-electron chi connectivity index (χ0n) is 8.64. The quantitative estimate of drug-likeness (QED) is 0.340. The van der Waals surface area contributed by atoms with E-state index in [1.165, 1.54) is 11.8 Å². The fourth-order valence-electron chi connectivity index (χ4n) is 2.30. The van der Waals surface area contributed by atoms with E-state index in [0.29, 0.717) is 12.8 Å². The highest BCUT2D eigenvalue weighted by atomic mass is 32.2. The molecule has 0 bridgehead atoms. The molecular weight excluding hydrogens is 228 g/mol. The smallest absolute Gasteiger partial charge is 0.335 e. The van der Waals surface area contributed by atoms with Crippen LogP contribution < -0.4 is 0 Å². The summed E-state index contributed by atoms with van der Waals surface area (Å²) in [6, 6.07) is 0. The van der Waals surface area contributed by atoms with Crippen LogP contribution in [0.1, 0.15) is 12.8 Å². The van der Waals surface area contributed by atoms with Gasteiger partial charge in [-0.05, 0) is 6.42 Å². The second-order valence-corrected chi connectivity index (χ2v) is 5.43. The fraction of sp³-hybridized carbons (Fsp3) is 0.455. The highest BCUT2D eigenvalue weighted by Crippen LogP contribution is 2.72. The third-order valence-corrected chi connectivity index (χ3v) is 4.98. The van der Waals surface area contributed by atoms with Gasteiger partial charge in [0, 0.05) is 6.42 Å². The fourth-order valence-corrected chi connectivity index (χ4v) is 3.87. The van der Waals surface area contributed by atoms with Crippen molar-refractivity contribution >= 4 is 23.7 Å². The molecule has 2 aliphatic heterocycles. The Bertz CT molecular complexity index is 391. The standard InChI is InChI=1S/C11H12O4S/c1-3-5-7-10(6-4-2)11(16-10,8(12)13)9(14)15-7/h3-4,7H,1-2,5-6H2,(H,12,13). The van der Waals surface area contributed by atoms with Crippen LogP contribution in [0.15, 0.2) is 25.3 Å². The predicted molar refractivity (Wildman–Crippen MR) is 60.2 cm³/mol. The molecular formula is C11H12O4S. The summed E-state index contributed by atoms with van der Waals surface area (Å²) in [6.07, 6.45) is 3.79. The molecule has 2 heterocycles. The Morgan fingerprint density at radius 3 is 2.69 bits per heavy atom. The summed E-state index contributed by atoms with van der Waals surface area (Å²) in [5.74, 6) is -1.75. The van der Waals surface area contributed by atoms with Crippen molar-refractivity contribution in [3.8, 4) is 0 Å². The molecule has 0 aromatic heterocycles. The van der Waals surface area contributed by atoms with E-state index in [9.17, 15) is 14.7 Å². The zero-order valence-corrected chi connectivity index (χ0v) is 9.46. The minimum atomic E-state index is -1.41. The van der Waals surface area contributed by atoms with Gasteiger partial charge in [0.25, 0.3) is 0 Å². The number of allylic oxidation sites excluding steroid dienone is 1. The molecule has 4 nitrogen and oxygen atoms in total. The highest BCUT2D eigenvalue weighted by molar-refractivity contribution is 8.11. The number of aliphatic carboxylic acids is 1. The maximum absolute atomic E-state index is 11.7. The number of carbonyl (C=O) groups is 2. The molecule has 2 saturated heterocycles. The van der Waals surface area contributed by atoms with Crippen molar-refractivity contribution in [3.63, 3.8) is 0 Å². The first kappa shape index (κ1) is 11.3. The Balaban J connectivity index is 2.37. The maximum Gasteiger partial charge on any atom is 0.335 e. The van der Waals surface area contributed by atoms with Crippen LogP contribution >= 0.6 is 11.8 Å². The molecule has 0 radical (unpaired) electrons. The largest absolute Gasteiger partial charge is 0.480 e. The van der Waals surface area contributed by atoms with Crippen LogP contribution in [0, 0.1) is 0 Å². The van der Waals surface area contributed by atoms with Gasteiger partial charge < -0.3 is 9.84 Å². The summed E-state index contributed by atoms with van der Waals surface area (Å²) in [6.45, 7) is 7.19. The van der Waals surface area contributed by atoms with E-state index in [2.05, 4.69) is 13.2 Å². The van der Waals surface area contributed by atoms with Crippen molar-refractivity contribution in [2.24, 2.45) is 0 Å². The SMILES string of the molecule is C=CCC1OC(=O)C2(C(=O)O)SC12CC=C. The summed E-state index contributed by atoms with van der Waals surface area (Å²) in [5, 5.41) is 9.18. The monoisotopic (exact) mass is 240 g/mol. The first-order valence-electron chi connectivity index (χ1n) is 4.91. The lowest BCUT2D eigenvalue weighted by atomic mass is 9.86. The predicted octanol–water partition coefficient (Wildman–Crippen LogP) is 1.37. The van der Waals surface area contributed by atoms with Crippen molar-refractivity contribution in [1.29, 1.82) is 0 Å². The van der Waals surface area contributed by atoms with Crippen molar-refractivity contribution in [3.05, 3.63) is 25.3 Å². The van der Waals surface area contributed by atoms with Crippen LogP contribution in [0.5, 0.6) is 0 Å². The van der Waals surface area contributed by atoms with Crippen LogP contribution in [0.2, 0.25) is 0 Å². The molecule has 2 aliphatic rings. The van der Waals surface area contributed by atoms with Gasteiger partial charge in [-0.2, -0.15) is 0 Å². The molecule has 0 aromatic carbocycles. The molecule has 3 atom stereocenters. The molecule has 86 valence electrons. The van der Waals surface area contributed by atoms with Crippen LogP contribution in [0.25, 0.3) is 0 Å². The summed E-state index contributed by atoms with van der Waals surface area (Å²) < 4.78 is 3.04. The van der Waals surface area contributed by atoms with E-state index in [-0.39, 0.29) is 0 Å². The minimum absolute atomic E-state index is 0.406. The van der Waals surface area contributed by atoms with Crippen LogP contribution in [-0.2, 0) is 14.3 Å². The number of fused-ring (bicyclic) bond motifs is 1. The highest BCUT2D eigenvalue weighted by Gasteiger charge is 2.86. The zero-order chi connectivity index (χ0) is 12.0. The van der Waals surface area contributed by atoms with Crippen LogP contribution in [0.4, 0.5) is 0 Å². The molecule has 0 aromatic rings. The second kappa shape index (κ2) is 3.38. The number of hydrogen-bond acceptors (Lipinski definition) is 4. The Morgan fingerprint density at radius 1 is 1.56 bits per heavy atom. The van der Waals surface area contributed by atoms with Gasteiger partial charge in [-0.1, -0.05) is 12.2 Å². The van der Waals surface area contributed by atoms with Gasteiger partial charge in [-0.25, -0.2) is 4.79 Å². The summed E-state index contributed by atoms with van der Waals surface area (Å²) in [7, 11) is 0. The number of carboxylic acids is 1. The molecule has 0 amide bonds. The molecule has 0 saturated carbocycles. The van der Waals surface area contributed by atoms with E-state index < -0.39 is 27.5 Å². The number of carbonyl (C=O) groups excluding carboxylic acids is 1. The van der Waals surface area contributed by atoms with Crippen molar-refractivity contribution in [1.82, 2.24) is 0 Å². The number of ether oxygens (including phenoxy) is 1. The Morgan fingerprint density at radius 2 is 2.25 bits per heavy atom. The molecule has 0 spiro atoms. The lowest BCUT2D eigenvalue weighted by Crippen LogP contribution is -2.37. The number of hydrogen-bond donors (Lipinski definition) is 1. The average Bonchev–Trinajstić information content (AvgIpc) is 2.83. The van der Waals surface area contributed by atoms with E-state index in [4.69, 9.17) is 4.74 Å². The number of esters is 1. The maximum atomic E-state index is 11.7. The van der Waals surface area contributed by atoms with Crippen molar-refractivity contribution in [2.75, 3.05) is 0 Å². The van der Waals surface area contributed by atoms with E-state index in [1.54, 1.807) is 12.2 Å². The van der Waals surface area contributed by atoms with Gasteiger partial charge in [0.15, 0.2) is 0 Å². The third kappa shape index (κ3) is 1.06. The van der Waals surface area contributed by atoms with Gasteiger partial charge in [-0.15, -0.1) is 24.9 Å². The minimum Gasteiger partial charge on any atom is -0.480 e. The number of thioether (sulfide) groups is 1. The van der Waals surface area contributed by atoms with Crippen molar-refractivity contribution < 1.29 is 19.4 Å². The summed E-state index contributed by atoms with van der Waals surface area (Å²) in [4.78, 5) is 22.9. The molecule has 1 N–H and O–H groups in total. The summed E-state index contributed by atoms with van der Waals surface area (Å²) >= 11 is 1.17. The number of cyclic esters (lactones) is 1. The molecule has 2 fully saturated rings. The first-order chi connectivity index (χ1) is 7.55. The molecule has 16 heavy (non-hydrogen) atoms.